The van der Waals surface area contributed by atoms with Crippen molar-refractivity contribution in [3.8, 4) is 11.5 Å². The van der Waals surface area contributed by atoms with Gasteiger partial charge in [-0.1, -0.05) is 11.6 Å². The number of H-pyrrole nitrogens is 1. The number of hydrogen-bond acceptors (Lipinski definition) is 7. The molecule has 1 aliphatic rings. The Morgan fingerprint density at radius 1 is 1.21 bits per heavy atom. The maximum Gasteiger partial charge on any atom is 0.180 e. The van der Waals surface area contributed by atoms with E-state index in [9.17, 15) is 0 Å². The van der Waals surface area contributed by atoms with Gasteiger partial charge in [0, 0.05) is 30.7 Å². The number of morpholine rings is 1. The van der Waals surface area contributed by atoms with Gasteiger partial charge in [0.1, 0.15) is 22.8 Å². The third-order valence-electron chi connectivity index (χ3n) is 4.94. The van der Waals surface area contributed by atoms with Crippen molar-refractivity contribution in [3.05, 3.63) is 54.0 Å². The molecule has 0 spiro atoms. The number of aromatic amines is 1. The van der Waals surface area contributed by atoms with Crippen LogP contribution >= 0.6 is 11.6 Å². The van der Waals surface area contributed by atoms with Crippen LogP contribution < -0.4 is 4.90 Å². The summed E-state index contributed by atoms with van der Waals surface area (Å²) in [5, 5.41) is 7.27. The van der Waals surface area contributed by atoms with Crippen LogP contribution in [0.4, 0.5) is 5.82 Å². The maximum atomic E-state index is 6.04. The van der Waals surface area contributed by atoms with Gasteiger partial charge in [-0.3, -0.25) is 9.50 Å². The lowest BCUT2D eigenvalue weighted by Crippen LogP contribution is -2.46. The van der Waals surface area contributed by atoms with E-state index in [1.54, 1.807) is 31.0 Å². The zero-order chi connectivity index (χ0) is 19.1. The summed E-state index contributed by atoms with van der Waals surface area (Å²) in [5.41, 5.74) is 2.47. The minimum Gasteiger partial charge on any atom is -0.369 e. The molecule has 0 radical (unpaired) electrons. The van der Waals surface area contributed by atoms with Crippen molar-refractivity contribution < 1.29 is 4.74 Å². The molecule has 10 heteroatoms. The Balaban J connectivity index is 1.51. The molecule has 5 heterocycles. The lowest BCUT2D eigenvalue weighted by atomic mass is 10.0. The molecule has 0 amide bonds. The summed E-state index contributed by atoms with van der Waals surface area (Å²) in [6, 6.07) is 2.00. The largest absolute Gasteiger partial charge is 0.369 e. The Morgan fingerprint density at radius 3 is 3.00 bits per heavy atom. The Morgan fingerprint density at radius 2 is 2.14 bits per heavy atom. The molecule has 4 aromatic heterocycles. The summed E-state index contributed by atoms with van der Waals surface area (Å²) in [4.78, 5) is 19.9. The number of imidazole rings is 1. The SMILES string of the molecule is C[C@H]1[C@H](c2cn[nH]c2)OCCN1c1ccnc(-c2cnc3cnc(Cl)cn23)n1. The van der Waals surface area contributed by atoms with Gasteiger partial charge < -0.3 is 9.64 Å². The highest BCUT2D eigenvalue weighted by Crippen LogP contribution is 2.31. The van der Waals surface area contributed by atoms with Gasteiger partial charge in [0.2, 0.25) is 0 Å². The molecule has 0 bridgehead atoms. The normalized spacial score (nSPS) is 20.0. The van der Waals surface area contributed by atoms with Crippen molar-refractivity contribution in [1.82, 2.24) is 34.5 Å². The maximum absolute atomic E-state index is 6.04. The number of hydrogen-bond donors (Lipinski definition) is 1. The molecule has 1 aliphatic heterocycles. The van der Waals surface area contributed by atoms with Crippen molar-refractivity contribution in [2.75, 3.05) is 18.1 Å². The monoisotopic (exact) mass is 396 g/mol. The number of anilines is 1. The first-order chi connectivity index (χ1) is 13.7. The summed E-state index contributed by atoms with van der Waals surface area (Å²) in [5.74, 6) is 1.41. The number of fused-ring (bicyclic) bond motifs is 1. The number of ether oxygens (including phenoxy) is 1. The van der Waals surface area contributed by atoms with E-state index < -0.39 is 0 Å². The van der Waals surface area contributed by atoms with Gasteiger partial charge in [0.25, 0.3) is 0 Å². The van der Waals surface area contributed by atoms with Crippen LogP contribution in [0.15, 0.2) is 43.2 Å². The minimum atomic E-state index is -0.0772. The molecule has 28 heavy (non-hydrogen) atoms. The standard InChI is InChI=1S/C18H17ClN8O/c1-11-17(12-6-23-24-7-12)28-5-4-26(11)15-2-3-20-18(25-15)13-8-22-16-9-21-14(19)10-27(13)16/h2-3,6-11,17H,4-5H2,1H3,(H,23,24)/t11-,17+/m0/s1. The number of halogens is 1. The van der Waals surface area contributed by atoms with Crippen molar-refractivity contribution in [3.63, 3.8) is 0 Å². The third kappa shape index (κ3) is 2.88. The molecule has 0 unspecified atom stereocenters. The molecule has 2 atom stereocenters. The number of nitrogens with one attached hydrogen (secondary N) is 1. The van der Waals surface area contributed by atoms with Gasteiger partial charge in [0.15, 0.2) is 11.5 Å². The summed E-state index contributed by atoms with van der Waals surface area (Å²) in [6.07, 6.45) is 10.4. The Bertz CT molecular complexity index is 1110. The second-order valence-electron chi connectivity index (χ2n) is 6.58. The van der Waals surface area contributed by atoms with Crippen LogP contribution in [0, 0.1) is 0 Å². The van der Waals surface area contributed by atoms with E-state index in [-0.39, 0.29) is 12.1 Å². The van der Waals surface area contributed by atoms with Crippen LogP contribution in [-0.4, -0.2) is 53.7 Å². The van der Waals surface area contributed by atoms with Crippen molar-refractivity contribution in [1.29, 1.82) is 0 Å². The molecule has 0 aromatic carbocycles. The molecule has 142 valence electrons. The van der Waals surface area contributed by atoms with Crippen molar-refractivity contribution in [2.45, 2.75) is 19.1 Å². The second kappa shape index (κ2) is 6.84. The molecule has 1 N–H and O–H groups in total. The summed E-state index contributed by atoms with van der Waals surface area (Å²) in [7, 11) is 0. The summed E-state index contributed by atoms with van der Waals surface area (Å²) >= 11 is 6.04. The van der Waals surface area contributed by atoms with Gasteiger partial charge in [-0.25, -0.2) is 19.9 Å². The molecule has 5 rings (SSSR count). The smallest absolute Gasteiger partial charge is 0.180 e. The topological polar surface area (TPSA) is 97.1 Å². The molecule has 9 nitrogen and oxygen atoms in total. The van der Waals surface area contributed by atoms with Crippen LogP contribution in [0.5, 0.6) is 0 Å². The van der Waals surface area contributed by atoms with Gasteiger partial charge in [-0.15, -0.1) is 0 Å². The molecule has 0 aliphatic carbocycles. The summed E-state index contributed by atoms with van der Waals surface area (Å²) < 4.78 is 7.82. The highest BCUT2D eigenvalue weighted by molar-refractivity contribution is 6.29. The van der Waals surface area contributed by atoms with E-state index in [0.717, 1.165) is 23.6 Å². The predicted octanol–water partition coefficient (Wildman–Crippen LogP) is 2.53. The average Bonchev–Trinajstić information content (AvgIpc) is 3.38. The second-order valence-corrected chi connectivity index (χ2v) is 6.96. The van der Waals surface area contributed by atoms with Crippen LogP contribution in [0.25, 0.3) is 17.2 Å². The fraction of sp³-hybridized carbons (Fsp3) is 0.278. The molecule has 4 aromatic rings. The van der Waals surface area contributed by atoms with Crippen molar-refractivity contribution >= 4 is 23.1 Å². The predicted molar refractivity (Wildman–Crippen MR) is 103 cm³/mol. The zero-order valence-electron chi connectivity index (χ0n) is 15.0. The molecular weight excluding hydrogens is 380 g/mol. The first kappa shape index (κ1) is 17.1. The highest BCUT2D eigenvalue weighted by atomic mass is 35.5. The van der Waals surface area contributed by atoms with Crippen LogP contribution in [-0.2, 0) is 4.74 Å². The van der Waals surface area contributed by atoms with Gasteiger partial charge in [0.05, 0.1) is 31.2 Å². The van der Waals surface area contributed by atoms with E-state index in [1.165, 1.54) is 0 Å². The Hall–Kier alpha value is -3.04. The van der Waals surface area contributed by atoms with Crippen LogP contribution in [0.2, 0.25) is 5.15 Å². The molecular formula is C18H17ClN8O. The van der Waals surface area contributed by atoms with Crippen molar-refractivity contribution in [2.24, 2.45) is 0 Å². The van der Waals surface area contributed by atoms with Gasteiger partial charge >= 0.3 is 0 Å². The lowest BCUT2D eigenvalue weighted by Gasteiger charge is -2.39. The number of nitrogens with zero attached hydrogens (tertiary/aromatic N) is 7. The van der Waals surface area contributed by atoms with E-state index in [2.05, 4.69) is 37.0 Å². The van der Waals surface area contributed by atoms with Gasteiger partial charge in [-0.2, -0.15) is 5.10 Å². The third-order valence-corrected chi connectivity index (χ3v) is 5.13. The summed E-state index contributed by atoms with van der Waals surface area (Å²) in [6.45, 7) is 3.48. The molecule has 1 saturated heterocycles. The minimum absolute atomic E-state index is 0.0772. The Kier molecular flexibility index (Phi) is 4.18. The van der Waals surface area contributed by atoms with E-state index in [1.807, 2.05) is 16.7 Å². The van der Waals surface area contributed by atoms with Crippen LogP contribution in [0.3, 0.4) is 0 Å². The van der Waals surface area contributed by atoms with Crippen LogP contribution in [0.1, 0.15) is 18.6 Å². The zero-order valence-corrected chi connectivity index (χ0v) is 15.8. The number of rotatable bonds is 3. The fourth-order valence-corrected chi connectivity index (χ4v) is 3.71. The Labute approximate surface area is 165 Å². The first-order valence-corrected chi connectivity index (χ1v) is 9.27. The molecule has 0 saturated carbocycles. The van der Waals surface area contributed by atoms with E-state index in [0.29, 0.717) is 23.2 Å². The van der Waals surface area contributed by atoms with E-state index >= 15 is 0 Å². The molecule has 1 fully saturated rings. The number of aromatic nitrogens is 7. The van der Waals surface area contributed by atoms with E-state index in [4.69, 9.17) is 21.3 Å². The lowest BCUT2D eigenvalue weighted by molar-refractivity contribution is 0.0143. The van der Waals surface area contributed by atoms with Gasteiger partial charge in [-0.05, 0) is 13.0 Å². The highest BCUT2D eigenvalue weighted by Gasteiger charge is 2.31. The first-order valence-electron chi connectivity index (χ1n) is 8.89. The fourth-order valence-electron chi connectivity index (χ4n) is 3.56. The quantitative estimate of drug-likeness (QED) is 0.568. The average molecular weight is 397 g/mol.